The molecule has 1 N–H and O–H groups in total. The molecule has 0 aliphatic heterocycles. The molecule has 0 aromatic heterocycles. The quantitative estimate of drug-likeness (QED) is 0.654. The monoisotopic (exact) mass is 262 g/mol. The fourth-order valence-electron chi connectivity index (χ4n) is 2.62. The van der Waals surface area contributed by atoms with Crippen LogP contribution in [0.3, 0.4) is 0 Å². The van der Waals surface area contributed by atoms with Gasteiger partial charge in [0, 0.05) is 0 Å². The number of phenols is 1. The van der Waals surface area contributed by atoms with Gasteiger partial charge in [0.1, 0.15) is 5.75 Å². The Kier molecular flexibility index (Phi) is 3.88. The van der Waals surface area contributed by atoms with Crippen LogP contribution in [-0.4, -0.2) is 24.5 Å². The van der Waals surface area contributed by atoms with Gasteiger partial charge in [0.15, 0.2) is 6.29 Å². The standard InChI is InChI=1S/C15H18O4/c1-9(15(18)19-2)14(10-3-4-10)11-5-6-12(8-16)13(17)7-11/h5-10,14,17H,3-4H2,1-2H3. The Labute approximate surface area is 112 Å². The third-order valence-corrected chi connectivity index (χ3v) is 3.81. The highest BCUT2D eigenvalue weighted by molar-refractivity contribution is 5.79. The lowest BCUT2D eigenvalue weighted by molar-refractivity contribution is -0.145. The summed E-state index contributed by atoms with van der Waals surface area (Å²) in [5, 5.41) is 9.77. The first-order chi connectivity index (χ1) is 9.08. The van der Waals surface area contributed by atoms with E-state index >= 15 is 0 Å². The molecule has 102 valence electrons. The van der Waals surface area contributed by atoms with Gasteiger partial charge in [0.25, 0.3) is 0 Å². The molecule has 0 bridgehead atoms. The highest BCUT2D eigenvalue weighted by Gasteiger charge is 2.39. The summed E-state index contributed by atoms with van der Waals surface area (Å²) in [5.41, 5.74) is 1.16. The Morgan fingerprint density at radius 3 is 2.63 bits per heavy atom. The van der Waals surface area contributed by atoms with Crippen LogP contribution in [0.15, 0.2) is 18.2 Å². The van der Waals surface area contributed by atoms with E-state index < -0.39 is 0 Å². The van der Waals surface area contributed by atoms with E-state index in [1.54, 1.807) is 12.1 Å². The molecule has 4 nitrogen and oxygen atoms in total. The summed E-state index contributed by atoms with van der Waals surface area (Å²) in [4.78, 5) is 22.4. The van der Waals surface area contributed by atoms with Gasteiger partial charge >= 0.3 is 5.97 Å². The minimum atomic E-state index is -0.251. The van der Waals surface area contributed by atoms with Gasteiger partial charge in [-0.05, 0) is 42.4 Å². The van der Waals surface area contributed by atoms with Crippen LogP contribution in [0.4, 0.5) is 0 Å². The van der Waals surface area contributed by atoms with Crippen LogP contribution in [0, 0.1) is 11.8 Å². The number of carbonyl (C=O) groups is 2. The number of methoxy groups -OCH3 is 1. The van der Waals surface area contributed by atoms with Gasteiger partial charge in [0.2, 0.25) is 0 Å². The Hall–Kier alpha value is -1.84. The van der Waals surface area contributed by atoms with E-state index in [0.717, 1.165) is 18.4 Å². The summed E-state index contributed by atoms with van der Waals surface area (Å²) in [5.74, 6) is -0.0281. The molecule has 1 aliphatic carbocycles. The van der Waals surface area contributed by atoms with E-state index in [-0.39, 0.29) is 29.1 Å². The predicted molar refractivity (Wildman–Crippen MR) is 70.1 cm³/mol. The molecule has 19 heavy (non-hydrogen) atoms. The second kappa shape index (κ2) is 5.43. The number of esters is 1. The number of benzene rings is 1. The number of aromatic hydroxyl groups is 1. The van der Waals surface area contributed by atoms with Crippen molar-refractivity contribution in [2.24, 2.45) is 11.8 Å². The molecule has 2 rings (SSSR count). The average molecular weight is 262 g/mol. The molecular formula is C15H18O4. The highest BCUT2D eigenvalue weighted by Crippen LogP contribution is 2.47. The van der Waals surface area contributed by atoms with Crippen molar-refractivity contribution >= 4 is 12.3 Å². The fraction of sp³-hybridized carbons (Fsp3) is 0.467. The number of carbonyl (C=O) groups excluding carboxylic acids is 2. The van der Waals surface area contributed by atoms with Gasteiger partial charge in [-0.25, -0.2) is 0 Å². The van der Waals surface area contributed by atoms with Crippen molar-refractivity contribution in [3.8, 4) is 5.75 Å². The zero-order valence-corrected chi connectivity index (χ0v) is 11.1. The molecule has 2 atom stereocenters. The minimum Gasteiger partial charge on any atom is -0.507 e. The van der Waals surface area contributed by atoms with Gasteiger partial charge in [-0.3, -0.25) is 9.59 Å². The van der Waals surface area contributed by atoms with E-state index in [0.29, 0.717) is 12.2 Å². The van der Waals surface area contributed by atoms with Gasteiger partial charge in [-0.1, -0.05) is 13.0 Å². The van der Waals surface area contributed by atoms with E-state index in [1.165, 1.54) is 7.11 Å². The molecule has 0 radical (unpaired) electrons. The molecule has 1 aromatic rings. The summed E-state index contributed by atoms with van der Waals surface area (Å²) in [7, 11) is 1.38. The van der Waals surface area contributed by atoms with Crippen molar-refractivity contribution < 1.29 is 19.4 Å². The van der Waals surface area contributed by atoms with Gasteiger partial charge < -0.3 is 9.84 Å². The smallest absolute Gasteiger partial charge is 0.309 e. The summed E-state index contributed by atoms with van der Waals surface area (Å²) in [6, 6.07) is 5.00. The normalized spacial score (nSPS) is 17.6. The van der Waals surface area contributed by atoms with Crippen LogP contribution in [-0.2, 0) is 9.53 Å². The van der Waals surface area contributed by atoms with Crippen molar-refractivity contribution in [1.82, 2.24) is 0 Å². The number of hydrogen-bond donors (Lipinski definition) is 1. The molecule has 1 aromatic carbocycles. The van der Waals surface area contributed by atoms with E-state index in [1.807, 2.05) is 13.0 Å². The Balaban J connectivity index is 2.31. The van der Waals surface area contributed by atoms with Crippen LogP contribution in [0.2, 0.25) is 0 Å². The first-order valence-corrected chi connectivity index (χ1v) is 6.44. The van der Waals surface area contributed by atoms with Crippen LogP contribution < -0.4 is 0 Å². The zero-order valence-electron chi connectivity index (χ0n) is 11.1. The first kappa shape index (κ1) is 13.6. The Morgan fingerprint density at radius 1 is 1.47 bits per heavy atom. The molecular weight excluding hydrogens is 244 g/mol. The van der Waals surface area contributed by atoms with E-state index in [4.69, 9.17) is 4.74 Å². The van der Waals surface area contributed by atoms with Crippen molar-refractivity contribution in [2.45, 2.75) is 25.7 Å². The van der Waals surface area contributed by atoms with Gasteiger partial charge in [-0.2, -0.15) is 0 Å². The van der Waals surface area contributed by atoms with E-state index in [2.05, 4.69) is 0 Å². The number of hydrogen-bond acceptors (Lipinski definition) is 4. The second-order valence-corrected chi connectivity index (χ2v) is 5.11. The SMILES string of the molecule is COC(=O)C(C)C(c1ccc(C=O)c(O)c1)C1CC1. The summed E-state index contributed by atoms with van der Waals surface area (Å²) in [6.07, 6.45) is 2.79. The molecule has 1 fully saturated rings. The summed E-state index contributed by atoms with van der Waals surface area (Å²) in [6.45, 7) is 1.85. The highest BCUT2D eigenvalue weighted by atomic mass is 16.5. The van der Waals surface area contributed by atoms with Crippen LogP contribution in [0.25, 0.3) is 0 Å². The molecule has 0 amide bonds. The third-order valence-electron chi connectivity index (χ3n) is 3.81. The second-order valence-electron chi connectivity index (χ2n) is 5.11. The minimum absolute atomic E-state index is 0.0322. The average Bonchev–Trinajstić information content (AvgIpc) is 3.22. The number of rotatable bonds is 5. The van der Waals surface area contributed by atoms with Crippen molar-refractivity contribution in [3.63, 3.8) is 0 Å². The lowest BCUT2D eigenvalue weighted by Crippen LogP contribution is -2.22. The fourth-order valence-corrected chi connectivity index (χ4v) is 2.62. The van der Waals surface area contributed by atoms with Crippen LogP contribution >= 0.6 is 0 Å². The molecule has 0 saturated heterocycles. The van der Waals surface area contributed by atoms with Gasteiger partial charge in [-0.15, -0.1) is 0 Å². The van der Waals surface area contributed by atoms with Crippen LogP contribution in [0.5, 0.6) is 5.75 Å². The lowest BCUT2D eigenvalue weighted by Gasteiger charge is -2.22. The topological polar surface area (TPSA) is 63.6 Å². The maximum atomic E-state index is 11.7. The first-order valence-electron chi connectivity index (χ1n) is 6.44. The Bertz CT molecular complexity index is 491. The molecule has 1 saturated carbocycles. The predicted octanol–water partition coefficient (Wildman–Crippen LogP) is 2.51. The van der Waals surface area contributed by atoms with Crippen molar-refractivity contribution in [1.29, 1.82) is 0 Å². The number of phenolic OH excluding ortho intramolecular Hbond substituents is 1. The molecule has 0 spiro atoms. The molecule has 0 heterocycles. The summed E-state index contributed by atoms with van der Waals surface area (Å²) >= 11 is 0. The lowest BCUT2D eigenvalue weighted by atomic mass is 9.83. The summed E-state index contributed by atoms with van der Waals surface area (Å²) < 4.78 is 4.81. The van der Waals surface area contributed by atoms with Crippen molar-refractivity contribution in [2.75, 3.05) is 7.11 Å². The molecule has 4 heteroatoms. The van der Waals surface area contributed by atoms with Crippen LogP contribution in [0.1, 0.15) is 41.6 Å². The van der Waals surface area contributed by atoms with Crippen molar-refractivity contribution in [3.05, 3.63) is 29.3 Å². The maximum Gasteiger partial charge on any atom is 0.309 e. The molecule has 2 unspecified atom stereocenters. The number of aldehydes is 1. The Morgan fingerprint density at radius 2 is 2.16 bits per heavy atom. The number of ether oxygens (including phenoxy) is 1. The largest absolute Gasteiger partial charge is 0.507 e. The third kappa shape index (κ3) is 2.78. The maximum absolute atomic E-state index is 11.7. The van der Waals surface area contributed by atoms with Gasteiger partial charge in [0.05, 0.1) is 18.6 Å². The zero-order chi connectivity index (χ0) is 14.0. The van der Waals surface area contributed by atoms with E-state index in [9.17, 15) is 14.7 Å². The molecule has 1 aliphatic rings.